The highest BCUT2D eigenvalue weighted by atomic mass is 19.4. The number of carbonyl (C=O) groups excluding carboxylic acids is 1. The monoisotopic (exact) mass is 341 g/mol. The normalized spacial score (nSPS) is 12.5. The van der Waals surface area contributed by atoms with Crippen molar-refractivity contribution < 1.29 is 27.8 Å². The fraction of sp³-hybridized carbons (Fsp3) is 0.267. The van der Waals surface area contributed by atoms with Gasteiger partial charge in [0.1, 0.15) is 5.75 Å². The Morgan fingerprint density at radius 2 is 2.08 bits per heavy atom. The number of amides is 1. The molecule has 128 valence electrons. The van der Waals surface area contributed by atoms with Crippen LogP contribution in [0.15, 0.2) is 36.7 Å². The zero-order valence-corrected chi connectivity index (χ0v) is 12.5. The van der Waals surface area contributed by atoms with E-state index in [1.807, 2.05) is 5.32 Å². The standard InChI is InChI=1S/C15H14F3N3O3/c1-9-4-5-11(8-20-9)24-14-10(3-2-6-19-14)7-21-13(23)12(22)15(16,17)18/h2-6,8,12,22H,7H2,1H3,(H,21,23). The first kappa shape index (κ1) is 17.7. The van der Waals surface area contributed by atoms with Crippen molar-refractivity contribution in [3.05, 3.63) is 47.9 Å². The number of hydrogen-bond acceptors (Lipinski definition) is 5. The van der Waals surface area contributed by atoms with Crippen molar-refractivity contribution in [2.24, 2.45) is 0 Å². The topological polar surface area (TPSA) is 84.3 Å². The van der Waals surface area contributed by atoms with Crippen molar-refractivity contribution in [3.63, 3.8) is 0 Å². The van der Waals surface area contributed by atoms with Crippen molar-refractivity contribution in [1.82, 2.24) is 15.3 Å². The summed E-state index contributed by atoms with van der Waals surface area (Å²) in [5.41, 5.74) is 1.14. The maximum Gasteiger partial charge on any atom is 0.423 e. The largest absolute Gasteiger partial charge is 0.437 e. The van der Waals surface area contributed by atoms with Crippen LogP contribution in [-0.4, -0.2) is 33.3 Å². The van der Waals surface area contributed by atoms with E-state index in [0.717, 1.165) is 5.69 Å². The summed E-state index contributed by atoms with van der Waals surface area (Å²) in [6.45, 7) is 1.52. The summed E-state index contributed by atoms with van der Waals surface area (Å²) < 4.78 is 42.3. The molecule has 0 spiro atoms. The smallest absolute Gasteiger partial charge is 0.423 e. The van der Waals surface area contributed by atoms with Gasteiger partial charge in [-0.1, -0.05) is 6.07 Å². The number of nitrogens with zero attached hydrogens (tertiary/aromatic N) is 2. The Labute approximate surface area is 135 Å². The number of pyridine rings is 2. The van der Waals surface area contributed by atoms with Gasteiger partial charge in [0.15, 0.2) is 0 Å². The van der Waals surface area contributed by atoms with Crippen LogP contribution in [-0.2, 0) is 11.3 Å². The predicted octanol–water partition coefficient (Wildman–Crippen LogP) is 2.12. The zero-order chi connectivity index (χ0) is 17.7. The molecular weight excluding hydrogens is 327 g/mol. The molecule has 0 aliphatic rings. The molecule has 6 nitrogen and oxygen atoms in total. The van der Waals surface area contributed by atoms with Gasteiger partial charge in [-0.05, 0) is 25.1 Å². The number of hydrogen-bond donors (Lipinski definition) is 2. The summed E-state index contributed by atoms with van der Waals surface area (Å²) >= 11 is 0. The lowest BCUT2D eigenvalue weighted by molar-refractivity contribution is -0.205. The highest BCUT2D eigenvalue weighted by molar-refractivity contribution is 5.81. The number of ether oxygens (including phenoxy) is 1. The van der Waals surface area contributed by atoms with E-state index in [2.05, 4.69) is 9.97 Å². The quantitative estimate of drug-likeness (QED) is 0.870. The maximum atomic E-state index is 12.3. The summed E-state index contributed by atoms with van der Waals surface area (Å²) in [5, 5.41) is 10.9. The van der Waals surface area contributed by atoms with Crippen molar-refractivity contribution >= 4 is 5.91 Å². The predicted molar refractivity (Wildman–Crippen MR) is 77.2 cm³/mol. The Kier molecular flexibility index (Phi) is 5.35. The second-order valence-corrected chi connectivity index (χ2v) is 4.87. The van der Waals surface area contributed by atoms with Gasteiger partial charge in [0, 0.05) is 24.0 Å². The third-order valence-corrected chi connectivity index (χ3v) is 2.96. The first-order chi connectivity index (χ1) is 11.3. The molecule has 24 heavy (non-hydrogen) atoms. The second-order valence-electron chi connectivity index (χ2n) is 4.87. The van der Waals surface area contributed by atoms with E-state index < -0.39 is 18.2 Å². The Bertz CT molecular complexity index is 705. The zero-order valence-electron chi connectivity index (χ0n) is 12.5. The molecule has 0 aromatic carbocycles. The van der Waals surface area contributed by atoms with Gasteiger partial charge in [0.05, 0.1) is 6.20 Å². The molecule has 9 heteroatoms. The molecule has 0 aliphatic carbocycles. The lowest BCUT2D eigenvalue weighted by Gasteiger charge is -2.15. The van der Waals surface area contributed by atoms with E-state index >= 15 is 0 Å². The van der Waals surface area contributed by atoms with Crippen molar-refractivity contribution in [3.8, 4) is 11.6 Å². The Hall–Kier alpha value is -2.68. The fourth-order valence-electron chi connectivity index (χ4n) is 1.70. The van der Waals surface area contributed by atoms with Crippen molar-refractivity contribution in [2.75, 3.05) is 0 Å². The molecule has 1 atom stereocenters. The summed E-state index contributed by atoms with van der Waals surface area (Å²) in [6.07, 6.45) is -5.20. The molecule has 0 fully saturated rings. The first-order valence-corrected chi connectivity index (χ1v) is 6.84. The molecule has 1 amide bonds. The average molecular weight is 341 g/mol. The molecule has 2 rings (SSSR count). The molecule has 0 saturated carbocycles. The van der Waals surface area contributed by atoms with E-state index in [1.165, 1.54) is 18.5 Å². The van der Waals surface area contributed by atoms with Gasteiger partial charge in [-0.3, -0.25) is 9.78 Å². The van der Waals surface area contributed by atoms with E-state index in [-0.39, 0.29) is 12.4 Å². The molecule has 2 heterocycles. The lowest BCUT2D eigenvalue weighted by atomic mass is 10.2. The van der Waals surface area contributed by atoms with E-state index in [9.17, 15) is 18.0 Å². The van der Waals surface area contributed by atoms with E-state index in [1.54, 1.807) is 25.1 Å². The molecule has 2 N–H and O–H groups in total. The second kappa shape index (κ2) is 7.26. The fourth-order valence-corrected chi connectivity index (χ4v) is 1.70. The molecular formula is C15H14F3N3O3. The van der Waals surface area contributed by atoms with Gasteiger partial charge >= 0.3 is 6.18 Å². The molecule has 0 aliphatic heterocycles. The minimum absolute atomic E-state index is 0.116. The first-order valence-electron chi connectivity index (χ1n) is 6.84. The van der Waals surface area contributed by atoms with Gasteiger partial charge < -0.3 is 15.2 Å². The van der Waals surface area contributed by atoms with Gasteiger partial charge in [-0.25, -0.2) is 4.98 Å². The van der Waals surface area contributed by atoms with Crippen LogP contribution < -0.4 is 10.1 Å². The number of aromatic nitrogens is 2. The number of carbonyl (C=O) groups is 1. The van der Waals surface area contributed by atoms with Crippen LogP contribution in [0.25, 0.3) is 0 Å². The SMILES string of the molecule is Cc1ccc(Oc2ncccc2CNC(=O)C(O)C(F)(F)F)cn1. The highest BCUT2D eigenvalue weighted by Gasteiger charge is 2.43. The third kappa shape index (κ3) is 4.66. The Morgan fingerprint density at radius 1 is 1.33 bits per heavy atom. The molecule has 0 bridgehead atoms. The van der Waals surface area contributed by atoms with Crippen LogP contribution >= 0.6 is 0 Å². The third-order valence-electron chi connectivity index (χ3n) is 2.96. The van der Waals surface area contributed by atoms with Gasteiger partial charge in [-0.15, -0.1) is 0 Å². The number of alkyl halides is 3. The summed E-state index contributed by atoms with van der Waals surface area (Å²) in [6, 6.07) is 6.46. The highest BCUT2D eigenvalue weighted by Crippen LogP contribution is 2.23. The van der Waals surface area contributed by atoms with E-state index in [0.29, 0.717) is 11.3 Å². The Morgan fingerprint density at radius 3 is 2.71 bits per heavy atom. The number of aryl methyl sites for hydroxylation is 1. The number of rotatable bonds is 5. The number of aliphatic hydroxyl groups excluding tert-OH is 1. The van der Waals surface area contributed by atoms with Crippen LogP contribution in [0, 0.1) is 6.92 Å². The molecule has 2 aromatic heterocycles. The molecule has 2 aromatic rings. The van der Waals surface area contributed by atoms with Gasteiger partial charge in [-0.2, -0.15) is 13.2 Å². The lowest BCUT2D eigenvalue weighted by Crippen LogP contribution is -2.43. The minimum Gasteiger partial charge on any atom is -0.437 e. The average Bonchev–Trinajstić information content (AvgIpc) is 2.54. The van der Waals surface area contributed by atoms with Gasteiger partial charge in [0.25, 0.3) is 5.91 Å². The number of nitrogens with one attached hydrogen (secondary N) is 1. The molecule has 0 radical (unpaired) electrons. The number of halogens is 3. The van der Waals surface area contributed by atoms with Crippen LogP contribution in [0.5, 0.6) is 11.6 Å². The molecule has 0 saturated heterocycles. The van der Waals surface area contributed by atoms with Crippen LogP contribution in [0.3, 0.4) is 0 Å². The van der Waals surface area contributed by atoms with Crippen LogP contribution in [0.2, 0.25) is 0 Å². The maximum absolute atomic E-state index is 12.3. The van der Waals surface area contributed by atoms with Crippen LogP contribution in [0.1, 0.15) is 11.3 Å². The summed E-state index contributed by atoms with van der Waals surface area (Å²) in [5.74, 6) is -1.04. The van der Waals surface area contributed by atoms with E-state index in [4.69, 9.17) is 9.84 Å². The van der Waals surface area contributed by atoms with Crippen molar-refractivity contribution in [1.29, 1.82) is 0 Å². The molecule has 1 unspecified atom stereocenters. The van der Waals surface area contributed by atoms with Gasteiger partial charge in [0.2, 0.25) is 12.0 Å². The summed E-state index contributed by atoms with van der Waals surface area (Å²) in [4.78, 5) is 19.3. The Balaban J connectivity index is 2.06. The van der Waals surface area contributed by atoms with Crippen molar-refractivity contribution in [2.45, 2.75) is 25.7 Å². The summed E-state index contributed by atoms with van der Waals surface area (Å²) in [7, 11) is 0. The van der Waals surface area contributed by atoms with Crippen LogP contribution in [0.4, 0.5) is 13.2 Å². The minimum atomic E-state index is -5.02. The number of aliphatic hydroxyl groups is 1.